The molecule has 0 saturated carbocycles. The fraction of sp³-hybridized carbons (Fsp3) is 0. The number of aromatic nitrogens is 3. The van der Waals surface area contributed by atoms with E-state index in [4.69, 9.17) is 19.4 Å². The van der Waals surface area contributed by atoms with Crippen LogP contribution in [0.3, 0.4) is 0 Å². The van der Waals surface area contributed by atoms with E-state index in [0.717, 1.165) is 49.8 Å². The monoisotopic (exact) mass is 703 g/mol. The van der Waals surface area contributed by atoms with Gasteiger partial charge in [0, 0.05) is 27.5 Å². The van der Waals surface area contributed by atoms with Crippen LogP contribution in [0.2, 0.25) is 0 Å². The molecule has 258 valence electrons. The standard InChI is InChI=1S/C51H33N3O/c1-4-13-37(14-5-1)42-19-10-11-20-43(42)38-29-27-35(28-30-38)34-23-25-36(26-24-34)41-31-32-46-45(33-41)48-44(21-12-22-47(48)55-46)51-53-49(39-15-6-2-7-16-39)52-50(54-51)40-17-8-3-9-18-40/h1-33H. The Morgan fingerprint density at radius 1 is 0.273 bits per heavy atom. The van der Waals surface area contributed by atoms with E-state index in [-0.39, 0.29) is 0 Å². The van der Waals surface area contributed by atoms with Crippen molar-refractivity contribution in [3.05, 3.63) is 200 Å². The number of rotatable bonds is 7. The first-order chi connectivity index (χ1) is 27.2. The number of nitrogens with zero attached hydrogens (tertiary/aromatic N) is 3. The molecule has 0 fully saturated rings. The highest BCUT2D eigenvalue weighted by Crippen LogP contribution is 2.39. The SMILES string of the molecule is c1ccc(-c2nc(-c3ccccc3)nc(-c3cccc4oc5ccc(-c6ccc(-c7ccc(-c8ccccc8-c8ccccc8)cc7)cc6)cc5c34)n2)cc1. The fourth-order valence-electron chi connectivity index (χ4n) is 7.42. The van der Waals surface area contributed by atoms with Crippen molar-refractivity contribution in [2.45, 2.75) is 0 Å². The number of furan rings is 1. The third kappa shape index (κ3) is 6.16. The van der Waals surface area contributed by atoms with Crippen LogP contribution in [0.25, 0.3) is 101 Å². The van der Waals surface area contributed by atoms with Crippen LogP contribution in [0.1, 0.15) is 0 Å². The summed E-state index contributed by atoms with van der Waals surface area (Å²) >= 11 is 0. The van der Waals surface area contributed by atoms with Crippen molar-refractivity contribution in [2.24, 2.45) is 0 Å². The molecule has 0 saturated heterocycles. The molecule has 4 nitrogen and oxygen atoms in total. The number of hydrogen-bond acceptors (Lipinski definition) is 4. The Bertz CT molecular complexity index is 2880. The molecule has 55 heavy (non-hydrogen) atoms. The minimum atomic E-state index is 0.602. The van der Waals surface area contributed by atoms with E-state index in [1.165, 1.54) is 33.4 Å². The summed E-state index contributed by atoms with van der Waals surface area (Å²) in [4.78, 5) is 15.0. The van der Waals surface area contributed by atoms with E-state index in [0.29, 0.717) is 17.5 Å². The Kier molecular flexibility index (Phi) is 8.12. The highest BCUT2D eigenvalue weighted by molar-refractivity contribution is 6.12. The first-order valence-electron chi connectivity index (χ1n) is 18.4. The zero-order valence-electron chi connectivity index (χ0n) is 29.8. The fourth-order valence-corrected chi connectivity index (χ4v) is 7.42. The van der Waals surface area contributed by atoms with E-state index in [2.05, 4.69) is 127 Å². The van der Waals surface area contributed by atoms with E-state index in [1.807, 2.05) is 72.8 Å². The lowest BCUT2D eigenvalue weighted by molar-refractivity contribution is 0.669. The predicted octanol–water partition coefficient (Wildman–Crippen LogP) is 13.4. The van der Waals surface area contributed by atoms with Crippen LogP contribution in [0.4, 0.5) is 0 Å². The van der Waals surface area contributed by atoms with Gasteiger partial charge in [-0.2, -0.15) is 0 Å². The van der Waals surface area contributed by atoms with E-state index in [9.17, 15) is 0 Å². The van der Waals surface area contributed by atoms with Crippen LogP contribution in [-0.4, -0.2) is 15.0 Å². The maximum Gasteiger partial charge on any atom is 0.164 e. The predicted molar refractivity (Wildman–Crippen MR) is 225 cm³/mol. The second kappa shape index (κ2) is 13.8. The van der Waals surface area contributed by atoms with Gasteiger partial charge >= 0.3 is 0 Å². The molecule has 10 aromatic rings. The van der Waals surface area contributed by atoms with Gasteiger partial charge in [-0.05, 0) is 62.7 Å². The lowest BCUT2D eigenvalue weighted by Gasteiger charge is -2.11. The van der Waals surface area contributed by atoms with Crippen molar-refractivity contribution in [1.82, 2.24) is 15.0 Å². The maximum atomic E-state index is 6.41. The molecule has 0 spiro atoms. The Morgan fingerprint density at radius 3 is 1.25 bits per heavy atom. The van der Waals surface area contributed by atoms with Gasteiger partial charge < -0.3 is 4.42 Å². The number of fused-ring (bicyclic) bond motifs is 3. The third-order valence-corrected chi connectivity index (χ3v) is 10.2. The first-order valence-corrected chi connectivity index (χ1v) is 18.4. The third-order valence-electron chi connectivity index (χ3n) is 10.2. The molecule has 0 amide bonds. The van der Waals surface area contributed by atoms with E-state index in [1.54, 1.807) is 0 Å². The number of hydrogen-bond donors (Lipinski definition) is 0. The lowest BCUT2D eigenvalue weighted by Crippen LogP contribution is -2.00. The topological polar surface area (TPSA) is 51.8 Å². The van der Waals surface area contributed by atoms with Crippen LogP contribution >= 0.6 is 0 Å². The highest BCUT2D eigenvalue weighted by Gasteiger charge is 2.18. The summed E-state index contributed by atoms with van der Waals surface area (Å²) in [6, 6.07) is 69.4. The van der Waals surface area contributed by atoms with Gasteiger partial charge in [-0.25, -0.2) is 15.0 Å². The summed E-state index contributed by atoms with van der Waals surface area (Å²) in [5.74, 6) is 1.86. The van der Waals surface area contributed by atoms with Crippen LogP contribution < -0.4 is 0 Å². The highest BCUT2D eigenvalue weighted by atomic mass is 16.3. The Morgan fingerprint density at radius 2 is 0.691 bits per heavy atom. The molecule has 0 unspecified atom stereocenters. The molecule has 2 heterocycles. The van der Waals surface area contributed by atoms with Crippen LogP contribution in [0.5, 0.6) is 0 Å². The smallest absolute Gasteiger partial charge is 0.164 e. The van der Waals surface area contributed by atoms with E-state index >= 15 is 0 Å². The second-order valence-electron chi connectivity index (χ2n) is 13.6. The first kappa shape index (κ1) is 32.2. The molecule has 4 heteroatoms. The van der Waals surface area contributed by atoms with Crippen LogP contribution in [0.15, 0.2) is 205 Å². The molecule has 0 aliphatic carbocycles. The lowest BCUT2D eigenvalue weighted by atomic mass is 9.93. The second-order valence-corrected chi connectivity index (χ2v) is 13.6. The number of benzene rings is 8. The van der Waals surface area contributed by atoms with Crippen molar-refractivity contribution in [2.75, 3.05) is 0 Å². The van der Waals surface area contributed by atoms with E-state index < -0.39 is 0 Å². The molecular formula is C51H33N3O. The molecule has 0 bridgehead atoms. The van der Waals surface area contributed by atoms with Gasteiger partial charge in [0.1, 0.15) is 11.2 Å². The van der Waals surface area contributed by atoms with Crippen LogP contribution in [0, 0.1) is 0 Å². The minimum Gasteiger partial charge on any atom is -0.456 e. The summed E-state index contributed by atoms with van der Waals surface area (Å²) in [7, 11) is 0. The van der Waals surface area contributed by atoms with Gasteiger partial charge in [0.15, 0.2) is 17.5 Å². The van der Waals surface area contributed by atoms with Crippen molar-refractivity contribution in [3.8, 4) is 78.7 Å². The zero-order valence-corrected chi connectivity index (χ0v) is 29.8. The molecule has 0 aliphatic heterocycles. The Hall–Kier alpha value is -7.43. The maximum absolute atomic E-state index is 6.41. The Labute approximate surface area is 319 Å². The average Bonchev–Trinajstić information content (AvgIpc) is 3.66. The summed E-state index contributed by atoms with van der Waals surface area (Å²) in [5, 5.41) is 2.00. The van der Waals surface area contributed by atoms with Crippen molar-refractivity contribution in [3.63, 3.8) is 0 Å². The quantitative estimate of drug-likeness (QED) is 0.166. The van der Waals surface area contributed by atoms with Gasteiger partial charge in [-0.15, -0.1) is 0 Å². The van der Waals surface area contributed by atoms with Crippen molar-refractivity contribution in [1.29, 1.82) is 0 Å². The van der Waals surface area contributed by atoms with Crippen molar-refractivity contribution >= 4 is 21.9 Å². The molecule has 0 radical (unpaired) electrons. The molecule has 10 rings (SSSR count). The summed E-state index contributed by atoms with van der Waals surface area (Å²) in [6.07, 6.45) is 0. The summed E-state index contributed by atoms with van der Waals surface area (Å²) in [5.41, 5.74) is 13.8. The molecular weight excluding hydrogens is 671 g/mol. The minimum absolute atomic E-state index is 0.602. The largest absolute Gasteiger partial charge is 0.456 e. The zero-order chi connectivity index (χ0) is 36.6. The Balaban J connectivity index is 1.00. The molecule has 8 aromatic carbocycles. The van der Waals surface area contributed by atoms with Crippen molar-refractivity contribution < 1.29 is 4.42 Å². The molecule has 0 N–H and O–H groups in total. The summed E-state index contributed by atoms with van der Waals surface area (Å²) in [6.45, 7) is 0. The van der Waals surface area contributed by atoms with Gasteiger partial charge in [0.05, 0.1) is 0 Å². The van der Waals surface area contributed by atoms with Gasteiger partial charge in [-0.1, -0.05) is 182 Å². The van der Waals surface area contributed by atoms with Gasteiger partial charge in [0.2, 0.25) is 0 Å². The molecule has 0 aliphatic rings. The summed E-state index contributed by atoms with van der Waals surface area (Å²) < 4.78 is 6.41. The molecule has 2 aromatic heterocycles. The molecule has 0 atom stereocenters. The van der Waals surface area contributed by atoms with Gasteiger partial charge in [0.25, 0.3) is 0 Å². The average molecular weight is 704 g/mol. The van der Waals surface area contributed by atoms with Gasteiger partial charge in [-0.3, -0.25) is 0 Å². The van der Waals surface area contributed by atoms with Crippen LogP contribution in [-0.2, 0) is 0 Å². The normalized spacial score (nSPS) is 11.3.